The summed E-state index contributed by atoms with van der Waals surface area (Å²) in [4.78, 5) is 29.2. The molecule has 1 spiro atoms. The number of rotatable bonds is 5. The summed E-state index contributed by atoms with van der Waals surface area (Å²) in [5.74, 6) is -1.23. The van der Waals surface area contributed by atoms with Crippen molar-refractivity contribution in [3.8, 4) is 0 Å². The molecular weight excluding hydrogens is 438 g/mol. The Labute approximate surface area is 196 Å². The second kappa shape index (κ2) is 8.99. The molecule has 3 aromatic carbocycles. The van der Waals surface area contributed by atoms with Gasteiger partial charge in [-0.3, -0.25) is 9.69 Å². The van der Waals surface area contributed by atoms with Crippen LogP contribution in [0.15, 0.2) is 72.8 Å². The van der Waals surface area contributed by atoms with Crippen LogP contribution < -0.4 is 4.90 Å². The molecule has 34 heavy (non-hydrogen) atoms. The number of anilines is 2. The molecule has 2 aliphatic heterocycles. The number of amides is 1. The van der Waals surface area contributed by atoms with Crippen LogP contribution in [0.2, 0.25) is 0 Å². The summed E-state index contributed by atoms with van der Waals surface area (Å²) in [6.07, 6.45) is 1.57. The van der Waals surface area contributed by atoms with Crippen LogP contribution in [0, 0.1) is 11.6 Å². The van der Waals surface area contributed by atoms with Crippen LogP contribution in [-0.2, 0) is 15.1 Å². The molecule has 2 aliphatic rings. The summed E-state index contributed by atoms with van der Waals surface area (Å²) in [7, 11) is 0. The van der Waals surface area contributed by atoms with E-state index < -0.39 is 17.2 Å². The maximum Gasteiger partial charge on any atom is 0.339 e. The van der Waals surface area contributed by atoms with E-state index in [4.69, 9.17) is 4.74 Å². The van der Waals surface area contributed by atoms with Crippen molar-refractivity contribution in [3.05, 3.63) is 95.6 Å². The van der Waals surface area contributed by atoms with Crippen LogP contribution in [0.4, 0.5) is 20.2 Å². The van der Waals surface area contributed by atoms with Gasteiger partial charge in [-0.2, -0.15) is 0 Å². The molecule has 5 rings (SSSR count). The molecule has 5 nitrogen and oxygen atoms in total. The Hall–Kier alpha value is -3.58. The molecule has 0 saturated carbocycles. The van der Waals surface area contributed by atoms with Crippen molar-refractivity contribution >= 4 is 23.3 Å². The summed E-state index contributed by atoms with van der Waals surface area (Å²) in [5.41, 5.74) is 2.05. The lowest BCUT2D eigenvalue weighted by Crippen LogP contribution is -2.44. The molecule has 0 aromatic heterocycles. The topological polar surface area (TPSA) is 49.9 Å². The van der Waals surface area contributed by atoms with Gasteiger partial charge in [0.25, 0.3) is 0 Å². The minimum atomic E-state index is -0.581. The Morgan fingerprint density at radius 2 is 1.44 bits per heavy atom. The van der Waals surface area contributed by atoms with Gasteiger partial charge in [0.2, 0.25) is 5.91 Å². The second-order valence-corrected chi connectivity index (χ2v) is 8.70. The fraction of sp³-hybridized carbons (Fsp3) is 0.259. The highest BCUT2D eigenvalue weighted by molar-refractivity contribution is 6.00. The van der Waals surface area contributed by atoms with Gasteiger partial charge < -0.3 is 9.64 Å². The van der Waals surface area contributed by atoms with E-state index in [9.17, 15) is 18.4 Å². The third-order valence-electron chi connectivity index (χ3n) is 6.65. The maximum absolute atomic E-state index is 13.4. The first kappa shape index (κ1) is 22.2. The molecule has 0 radical (unpaired) electrons. The number of fused-ring (bicyclic) bond motifs is 2. The van der Waals surface area contributed by atoms with Crippen LogP contribution in [0.3, 0.4) is 0 Å². The van der Waals surface area contributed by atoms with E-state index in [2.05, 4.69) is 4.90 Å². The lowest BCUT2D eigenvalue weighted by Gasteiger charge is -2.38. The lowest BCUT2D eigenvalue weighted by atomic mass is 9.84. The van der Waals surface area contributed by atoms with E-state index in [1.165, 1.54) is 53.4 Å². The molecule has 1 amide bonds. The van der Waals surface area contributed by atoms with Crippen molar-refractivity contribution < 1.29 is 23.1 Å². The Morgan fingerprint density at radius 3 is 2.03 bits per heavy atom. The largest absolute Gasteiger partial charge is 0.450 e. The van der Waals surface area contributed by atoms with Gasteiger partial charge in [-0.1, -0.05) is 18.2 Å². The molecule has 0 atom stereocenters. The molecule has 3 aromatic rings. The van der Waals surface area contributed by atoms with Crippen LogP contribution in [0.1, 0.15) is 35.2 Å². The molecular formula is C27H24F2N2O3. The second-order valence-electron chi connectivity index (χ2n) is 8.70. The molecule has 0 aliphatic carbocycles. The van der Waals surface area contributed by atoms with Gasteiger partial charge in [-0.25, -0.2) is 13.6 Å². The van der Waals surface area contributed by atoms with E-state index >= 15 is 0 Å². The first-order valence-electron chi connectivity index (χ1n) is 11.3. The summed E-state index contributed by atoms with van der Waals surface area (Å²) >= 11 is 0. The summed E-state index contributed by atoms with van der Waals surface area (Å²) in [6, 6.07) is 18.9. The minimum Gasteiger partial charge on any atom is -0.450 e. The number of hydrogen-bond donors (Lipinski definition) is 0. The number of carbonyl (C=O) groups excluding carboxylic acids is 2. The Balaban J connectivity index is 1.26. The minimum absolute atomic E-state index is 0.170. The van der Waals surface area contributed by atoms with Gasteiger partial charge in [-0.15, -0.1) is 0 Å². The third-order valence-corrected chi connectivity index (χ3v) is 6.65. The van der Waals surface area contributed by atoms with Crippen LogP contribution in [-0.4, -0.2) is 36.4 Å². The van der Waals surface area contributed by atoms with Crippen molar-refractivity contribution in [3.63, 3.8) is 0 Å². The van der Waals surface area contributed by atoms with E-state index in [1.807, 2.05) is 18.2 Å². The predicted molar refractivity (Wildman–Crippen MR) is 124 cm³/mol. The van der Waals surface area contributed by atoms with E-state index in [0.717, 1.165) is 5.56 Å². The molecule has 1 fully saturated rings. The Kier molecular flexibility index (Phi) is 5.87. The summed E-state index contributed by atoms with van der Waals surface area (Å²) in [5, 5.41) is 0. The average Bonchev–Trinajstić information content (AvgIpc) is 3.13. The number of piperidine rings is 1. The molecule has 174 valence electrons. The highest BCUT2D eigenvalue weighted by Gasteiger charge is 2.47. The SMILES string of the molecule is O=C1OC2(CCN(CCC(=O)N(c3ccc(F)cc3)c3ccc(F)cc3)CC2)c2ccccc21. The smallest absolute Gasteiger partial charge is 0.339 e. The third kappa shape index (κ3) is 4.19. The number of hydrogen-bond acceptors (Lipinski definition) is 4. The van der Waals surface area contributed by atoms with Gasteiger partial charge in [0.15, 0.2) is 0 Å². The van der Waals surface area contributed by atoms with Crippen molar-refractivity contribution in [1.29, 1.82) is 0 Å². The zero-order chi connectivity index (χ0) is 23.7. The fourth-order valence-electron chi connectivity index (χ4n) is 4.84. The van der Waals surface area contributed by atoms with Crippen molar-refractivity contribution in [2.24, 2.45) is 0 Å². The number of ether oxygens (including phenoxy) is 1. The van der Waals surface area contributed by atoms with Gasteiger partial charge >= 0.3 is 5.97 Å². The summed E-state index contributed by atoms with van der Waals surface area (Å²) < 4.78 is 32.7. The summed E-state index contributed by atoms with van der Waals surface area (Å²) in [6.45, 7) is 1.92. The predicted octanol–water partition coefficient (Wildman–Crippen LogP) is 5.18. The standard InChI is InChI=1S/C27H24F2N2O3/c28-19-5-9-21(10-6-19)31(22-11-7-20(29)8-12-22)25(32)13-16-30-17-14-27(15-18-30)24-4-2-1-3-23(24)26(33)34-27/h1-12H,13-18H2. The van der Waals surface area contributed by atoms with Crippen LogP contribution in [0.5, 0.6) is 0 Å². The average molecular weight is 462 g/mol. The van der Waals surface area contributed by atoms with Gasteiger partial charge in [-0.05, 0) is 54.6 Å². The van der Waals surface area contributed by atoms with Crippen molar-refractivity contribution in [2.75, 3.05) is 24.5 Å². The highest BCUT2D eigenvalue weighted by Crippen LogP contribution is 2.44. The van der Waals surface area contributed by atoms with Gasteiger partial charge in [0.05, 0.1) is 5.56 Å². The van der Waals surface area contributed by atoms with Gasteiger partial charge in [0.1, 0.15) is 17.2 Å². The quantitative estimate of drug-likeness (QED) is 0.490. The van der Waals surface area contributed by atoms with E-state index in [-0.39, 0.29) is 18.3 Å². The Bertz CT molecular complexity index is 1160. The molecule has 0 bridgehead atoms. The molecule has 1 saturated heterocycles. The first-order chi connectivity index (χ1) is 16.4. The van der Waals surface area contributed by atoms with Crippen molar-refractivity contribution in [1.82, 2.24) is 4.90 Å². The van der Waals surface area contributed by atoms with Crippen LogP contribution >= 0.6 is 0 Å². The number of carbonyl (C=O) groups is 2. The number of esters is 1. The monoisotopic (exact) mass is 462 g/mol. The zero-order valence-electron chi connectivity index (χ0n) is 18.5. The first-order valence-corrected chi connectivity index (χ1v) is 11.3. The Morgan fingerprint density at radius 1 is 0.882 bits per heavy atom. The van der Waals surface area contributed by atoms with E-state index in [0.29, 0.717) is 49.4 Å². The molecule has 7 heteroatoms. The van der Waals surface area contributed by atoms with Gasteiger partial charge in [0, 0.05) is 55.8 Å². The molecule has 0 N–H and O–H groups in total. The number of nitrogens with zero attached hydrogens (tertiary/aromatic N) is 2. The lowest BCUT2D eigenvalue weighted by molar-refractivity contribution is -0.118. The number of likely N-dealkylation sites (tertiary alicyclic amines) is 1. The van der Waals surface area contributed by atoms with Crippen LogP contribution in [0.25, 0.3) is 0 Å². The fourth-order valence-corrected chi connectivity index (χ4v) is 4.84. The van der Waals surface area contributed by atoms with Crippen molar-refractivity contribution in [2.45, 2.75) is 24.9 Å². The number of benzene rings is 3. The molecule has 0 unspecified atom stereocenters. The highest BCUT2D eigenvalue weighted by atomic mass is 19.1. The zero-order valence-corrected chi connectivity index (χ0v) is 18.5. The van der Waals surface area contributed by atoms with E-state index in [1.54, 1.807) is 6.07 Å². The normalized spacial score (nSPS) is 16.8. The number of halogens is 2. The maximum atomic E-state index is 13.4. The molecule has 2 heterocycles.